The number of hydrogen-bond donors (Lipinski definition) is 2. The Labute approximate surface area is 135 Å². The molecule has 1 aliphatic heterocycles. The van der Waals surface area contributed by atoms with E-state index in [2.05, 4.69) is 10.2 Å². The normalized spacial score (nSPS) is 18.8. The van der Waals surface area contributed by atoms with Crippen molar-refractivity contribution in [3.8, 4) is 0 Å². The number of nitrogens with one attached hydrogen (secondary N) is 1. The first-order valence-corrected chi connectivity index (χ1v) is 7.83. The van der Waals surface area contributed by atoms with E-state index in [-0.39, 0.29) is 23.5 Å². The van der Waals surface area contributed by atoms with Gasteiger partial charge in [-0.25, -0.2) is 4.39 Å². The fourth-order valence-corrected chi connectivity index (χ4v) is 3.31. The van der Waals surface area contributed by atoms with Gasteiger partial charge in [-0.1, -0.05) is 37.0 Å². The standard InChI is InChI=1S/C15H21Cl2FN2O/c1-15(2,9-21)14(20-7-5-19-6-8-20)12-11(18)4-3-10(16)13(12)17/h3-4,14,19,21H,5-9H2,1-2H3/t14-/m1/s1. The Kier molecular flexibility index (Phi) is 5.49. The fraction of sp³-hybridized carbons (Fsp3) is 0.600. The molecule has 21 heavy (non-hydrogen) atoms. The van der Waals surface area contributed by atoms with E-state index in [1.165, 1.54) is 12.1 Å². The third-order valence-corrected chi connectivity index (χ3v) is 4.84. The lowest BCUT2D eigenvalue weighted by Crippen LogP contribution is -2.50. The van der Waals surface area contributed by atoms with Crippen molar-refractivity contribution < 1.29 is 9.50 Å². The molecular formula is C15H21Cl2FN2O. The maximum Gasteiger partial charge on any atom is 0.129 e. The van der Waals surface area contributed by atoms with E-state index in [4.69, 9.17) is 23.2 Å². The molecule has 1 aliphatic rings. The molecule has 0 amide bonds. The minimum Gasteiger partial charge on any atom is -0.396 e. The molecule has 1 fully saturated rings. The van der Waals surface area contributed by atoms with Crippen LogP contribution in [0.3, 0.4) is 0 Å². The number of halogens is 3. The molecule has 1 aromatic carbocycles. The average Bonchev–Trinajstić information content (AvgIpc) is 2.48. The molecule has 1 heterocycles. The van der Waals surface area contributed by atoms with Gasteiger partial charge in [0, 0.05) is 49.8 Å². The summed E-state index contributed by atoms with van der Waals surface area (Å²) in [6.07, 6.45) is 0. The summed E-state index contributed by atoms with van der Waals surface area (Å²) in [5.41, 5.74) is -0.155. The zero-order chi connectivity index (χ0) is 15.6. The summed E-state index contributed by atoms with van der Waals surface area (Å²) >= 11 is 12.3. The van der Waals surface area contributed by atoms with Crippen molar-refractivity contribution in [3.05, 3.63) is 33.6 Å². The van der Waals surface area contributed by atoms with E-state index in [0.29, 0.717) is 10.6 Å². The van der Waals surface area contributed by atoms with Crippen molar-refractivity contribution in [1.29, 1.82) is 0 Å². The second-order valence-electron chi connectivity index (χ2n) is 6.09. The van der Waals surface area contributed by atoms with Crippen molar-refractivity contribution in [3.63, 3.8) is 0 Å². The molecule has 118 valence electrons. The maximum atomic E-state index is 14.4. The van der Waals surface area contributed by atoms with E-state index >= 15 is 0 Å². The number of aliphatic hydroxyl groups excluding tert-OH is 1. The lowest BCUT2D eigenvalue weighted by atomic mass is 9.79. The molecule has 0 aromatic heterocycles. The first-order valence-electron chi connectivity index (χ1n) is 7.07. The average molecular weight is 335 g/mol. The molecule has 0 spiro atoms. The molecule has 3 nitrogen and oxygen atoms in total. The molecule has 1 aromatic rings. The van der Waals surface area contributed by atoms with E-state index < -0.39 is 5.41 Å². The highest BCUT2D eigenvalue weighted by molar-refractivity contribution is 6.42. The summed E-state index contributed by atoms with van der Waals surface area (Å²) in [6.45, 7) is 6.97. The molecule has 1 saturated heterocycles. The smallest absolute Gasteiger partial charge is 0.129 e. The topological polar surface area (TPSA) is 35.5 Å². The van der Waals surface area contributed by atoms with E-state index in [1.807, 2.05) is 13.8 Å². The van der Waals surface area contributed by atoms with Gasteiger partial charge in [-0.15, -0.1) is 0 Å². The number of benzene rings is 1. The molecular weight excluding hydrogens is 314 g/mol. The zero-order valence-electron chi connectivity index (χ0n) is 12.3. The van der Waals surface area contributed by atoms with Crippen LogP contribution in [0.4, 0.5) is 4.39 Å². The predicted molar refractivity (Wildman–Crippen MR) is 84.5 cm³/mol. The Hall–Kier alpha value is -0.390. The van der Waals surface area contributed by atoms with Gasteiger partial charge in [-0.05, 0) is 12.1 Å². The molecule has 1 atom stereocenters. The molecule has 6 heteroatoms. The van der Waals surface area contributed by atoms with E-state index in [0.717, 1.165) is 26.2 Å². The molecule has 2 N–H and O–H groups in total. The van der Waals surface area contributed by atoms with Crippen molar-refractivity contribution >= 4 is 23.2 Å². The van der Waals surface area contributed by atoms with Crippen LogP contribution in [0.15, 0.2) is 12.1 Å². The van der Waals surface area contributed by atoms with Crippen molar-refractivity contribution in [2.45, 2.75) is 19.9 Å². The van der Waals surface area contributed by atoms with Gasteiger partial charge < -0.3 is 10.4 Å². The predicted octanol–water partition coefficient (Wildman–Crippen LogP) is 3.10. The summed E-state index contributed by atoms with van der Waals surface area (Å²) < 4.78 is 14.4. The van der Waals surface area contributed by atoms with Crippen LogP contribution in [0.2, 0.25) is 10.0 Å². The van der Waals surface area contributed by atoms with Gasteiger partial charge in [-0.2, -0.15) is 0 Å². The minimum absolute atomic E-state index is 0.0656. The molecule has 0 unspecified atom stereocenters. The van der Waals surface area contributed by atoms with Gasteiger partial charge in [0.15, 0.2) is 0 Å². The van der Waals surface area contributed by atoms with Crippen molar-refractivity contribution in [2.75, 3.05) is 32.8 Å². The summed E-state index contributed by atoms with van der Waals surface area (Å²) in [5, 5.41) is 13.6. The van der Waals surface area contributed by atoms with Crippen LogP contribution in [0, 0.1) is 11.2 Å². The largest absolute Gasteiger partial charge is 0.396 e. The van der Waals surface area contributed by atoms with Gasteiger partial charge in [0.1, 0.15) is 5.82 Å². The Bertz CT molecular complexity index is 505. The van der Waals surface area contributed by atoms with Gasteiger partial charge >= 0.3 is 0 Å². The second kappa shape index (κ2) is 6.80. The second-order valence-corrected chi connectivity index (χ2v) is 6.88. The molecule has 2 rings (SSSR count). The highest BCUT2D eigenvalue weighted by atomic mass is 35.5. The van der Waals surface area contributed by atoms with Crippen LogP contribution in [0.5, 0.6) is 0 Å². The zero-order valence-corrected chi connectivity index (χ0v) is 13.8. The van der Waals surface area contributed by atoms with Gasteiger partial charge in [0.2, 0.25) is 0 Å². The molecule has 0 radical (unpaired) electrons. The third-order valence-electron chi connectivity index (χ3n) is 4.02. The lowest BCUT2D eigenvalue weighted by Gasteiger charge is -2.43. The third kappa shape index (κ3) is 3.51. The lowest BCUT2D eigenvalue weighted by molar-refractivity contribution is 0.0287. The van der Waals surface area contributed by atoms with Gasteiger partial charge in [0.05, 0.1) is 10.0 Å². The first kappa shape index (κ1) is 17.0. The highest BCUT2D eigenvalue weighted by Crippen LogP contribution is 2.44. The minimum atomic E-state index is -0.535. The Balaban J connectivity index is 2.52. The number of aliphatic hydroxyl groups is 1. The van der Waals surface area contributed by atoms with E-state index in [1.54, 1.807) is 0 Å². The SMILES string of the molecule is CC(C)(CO)[C@@H](c1c(F)ccc(Cl)c1Cl)N1CCNCC1. The summed E-state index contributed by atoms with van der Waals surface area (Å²) in [7, 11) is 0. The van der Waals surface area contributed by atoms with Crippen LogP contribution in [0.1, 0.15) is 25.5 Å². The van der Waals surface area contributed by atoms with Crippen LogP contribution in [-0.4, -0.2) is 42.8 Å². The van der Waals surface area contributed by atoms with Gasteiger partial charge in [-0.3, -0.25) is 4.90 Å². The quantitative estimate of drug-likeness (QED) is 0.830. The summed E-state index contributed by atoms with van der Waals surface area (Å²) in [4.78, 5) is 2.16. The number of rotatable bonds is 4. The summed E-state index contributed by atoms with van der Waals surface area (Å²) in [6, 6.07) is 2.48. The first-order chi connectivity index (χ1) is 9.88. The Morgan fingerprint density at radius 1 is 1.33 bits per heavy atom. The summed E-state index contributed by atoms with van der Waals surface area (Å²) in [5.74, 6) is -0.380. The number of hydrogen-bond acceptors (Lipinski definition) is 3. The van der Waals surface area contributed by atoms with Crippen LogP contribution in [-0.2, 0) is 0 Å². The molecule has 0 bridgehead atoms. The van der Waals surface area contributed by atoms with Crippen LogP contribution >= 0.6 is 23.2 Å². The molecule has 0 aliphatic carbocycles. The van der Waals surface area contributed by atoms with Gasteiger partial charge in [0.25, 0.3) is 0 Å². The van der Waals surface area contributed by atoms with Crippen molar-refractivity contribution in [2.24, 2.45) is 5.41 Å². The van der Waals surface area contributed by atoms with Crippen LogP contribution in [0.25, 0.3) is 0 Å². The maximum absolute atomic E-state index is 14.4. The van der Waals surface area contributed by atoms with E-state index in [9.17, 15) is 9.50 Å². The Morgan fingerprint density at radius 3 is 2.52 bits per heavy atom. The fourth-order valence-electron chi connectivity index (χ4n) is 2.89. The van der Waals surface area contributed by atoms with Crippen LogP contribution < -0.4 is 5.32 Å². The highest BCUT2D eigenvalue weighted by Gasteiger charge is 2.38. The number of piperazine rings is 1. The molecule has 0 saturated carbocycles. The van der Waals surface area contributed by atoms with Crippen molar-refractivity contribution in [1.82, 2.24) is 10.2 Å². The Morgan fingerprint density at radius 2 is 1.95 bits per heavy atom. The number of nitrogens with zero attached hydrogens (tertiary/aromatic N) is 1. The monoisotopic (exact) mass is 334 g/mol.